The number of carbonyl (C=O) groups excluding carboxylic acids is 2. The third-order valence-corrected chi connectivity index (χ3v) is 17.1. The minimum atomic E-state index is -1.65. The molecule has 14 nitrogen and oxygen atoms in total. The van der Waals surface area contributed by atoms with Gasteiger partial charge in [0.1, 0.15) is 23.3 Å². The molecule has 19 heteroatoms. The maximum atomic E-state index is 18.3. The van der Waals surface area contributed by atoms with E-state index < -0.39 is 68.1 Å². The molecule has 10 rings (SSSR count). The number of nitrogens with zero attached hydrogens (tertiary/aromatic N) is 6. The van der Waals surface area contributed by atoms with Crippen molar-refractivity contribution in [2.24, 2.45) is 5.92 Å². The van der Waals surface area contributed by atoms with Crippen molar-refractivity contribution in [3.8, 4) is 28.8 Å². The Balaban J connectivity index is 1.32. The molecule has 2 amide bonds. The van der Waals surface area contributed by atoms with E-state index in [1.807, 2.05) is 46.8 Å². The zero-order valence-electron chi connectivity index (χ0n) is 42.9. The first-order valence-electron chi connectivity index (χ1n) is 25.3. The predicted molar refractivity (Wildman–Crippen MR) is 277 cm³/mol. The number of nitriles is 1. The van der Waals surface area contributed by atoms with Crippen LogP contribution in [0.4, 0.5) is 18.4 Å². The Morgan fingerprint density at radius 2 is 1.85 bits per heavy atom. The lowest BCUT2D eigenvalue weighted by molar-refractivity contribution is -0.186. The fourth-order valence-electron chi connectivity index (χ4n) is 11.0. The van der Waals surface area contributed by atoms with E-state index in [4.69, 9.17) is 56.6 Å². The molecule has 2 bridgehead atoms. The molecule has 5 aromatic rings. The van der Waals surface area contributed by atoms with Crippen LogP contribution < -0.4 is 9.47 Å². The van der Waals surface area contributed by atoms with E-state index in [0.29, 0.717) is 64.8 Å². The summed E-state index contributed by atoms with van der Waals surface area (Å²) < 4.78 is 72.7. The third kappa shape index (κ3) is 10.4. The summed E-state index contributed by atoms with van der Waals surface area (Å²) in [6.07, 6.45) is 1.55. The van der Waals surface area contributed by atoms with E-state index in [1.54, 1.807) is 28.0 Å². The molecule has 0 N–H and O–H groups in total. The smallest absolute Gasteiger partial charge is 0.410 e. The summed E-state index contributed by atoms with van der Waals surface area (Å²) in [5.41, 5.74) is 2.00. The number of carbonyl (C=O) groups is 2. The zero-order chi connectivity index (χ0) is 52.3. The second-order valence-corrected chi connectivity index (χ2v) is 28.4. The van der Waals surface area contributed by atoms with Crippen LogP contribution in [0.25, 0.3) is 32.9 Å². The van der Waals surface area contributed by atoms with Crippen molar-refractivity contribution < 1.29 is 46.8 Å². The molecular formula is C54H64Cl2F2N6O8Si. The van der Waals surface area contributed by atoms with Crippen LogP contribution in [0, 0.1) is 28.9 Å². The molecule has 0 spiro atoms. The maximum absolute atomic E-state index is 18.3. The lowest BCUT2D eigenvalue weighted by Gasteiger charge is -2.40. The van der Waals surface area contributed by atoms with Crippen LogP contribution in [0.3, 0.4) is 0 Å². The van der Waals surface area contributed by atoms with Crippen LogP contribution in [0.2, 0.25) is 35.7 Å². The van der Waals surface area contributed by atoms with Crippen LogP contribution in [-0.2, 0) is 25.4 Å². The van der Waals surface area contributed by atoms with Crippen LogP contribution >= 0.6 is 23.2 Å². The van der Waals surface area contributed by atoms with E-state index in [9.17, 15) is 14.9 Å². The Morgan fingerprint density at radius 3 is 2.55 bits per heavy atom. The molecule has 390 valence electrons. The minimum absolute atomic E-state index is 0.0292. The Labute approximate surface area is 436 Å². The van der Waals surface area contributed by atoms with Gasteiger partial charge >= 0.3 is 12.2 Å². The van der Waals surface area contributed by atoms with Crippen molar-refractivity contribution in [3.05, 3.63) is 81.2 Å². The van der Waals surface area contributed by atoms with Gasteiger partial charge in [0.05, 0.1) is 71.4 Å². The first-order valence-corrected chi connectivity index (χ1v) is 29.7. The number of ether oxygens (including phenoxy) is 6. The Hall–Kier alpha value is -5.25. The first-order chi connectivity index (χ1) is 34.7. The molecule has 1 unspecified atom stereocenters. The van der Waals surface area contributed by atoms with Gasteiger partial charge in [0, 0.05) is 73.6 Å². The summed E-state index contributed by atoms with van der Waals surface area (Å²) in [7, 11) is -0.221. The maximum Gasteiger partial charge on any atom is 0.410 e. The van der Waals surface area contributed by atoms with Gasteiger partial charge in [-0.25, -0.2) is 28.3 Å². The average molecular weight is 1060 g/mol. The number of likely N-dealkylation sites (tertiary alicyclic amines) is 1. The summed E-state index contributed by atoms with van der Waals surface area (Å²) in [4.78, 5) is 41.6. The molecule has 8 atom stereocenters. The second kappa shape index (κ2) is 20.8. The molecule has 1 saturated carbocycles. The highest BCUT2D eigenvalue weighted by Gasteiger charge is 2.57. The van der Waals surface area contributed by atoms with Gasteiger partial charge in [0.2, 0.25) is 5.88 Å². The van der Waals surface area contributed by atoms with Gasteiger partial charge in [-0.05, 0) is 96.5 Å². The van der Waals surface area contributed by atoms with Gasteiger partial charge in [0.25, 0.3) is 0 Å². The van der Waals surface area contributed by atoms with Crippen molar-refractivity contribution in [1.29, 1.82) is 5.26 Å². The highest BCUT2D eigenvalue weighted by molar-refractivity contribution is 6.76. The molecule has 1 aliphatic carbocycles. The van der Waals surface area contributed by atoms with Crippen molar-refractivity contribution in [2.45, 2.75) is 154 Å². The average Bonchev–Trinajstić information content (AvgIpc) is 4.11. The molecule has 4 aliphatic heterocycles. The summed E-state index contributed by atoms with van der Waals surface area (Å²) in [5, 5.41) is 11.4. The Kier molecular flexibility index (Phi) is 15.0. The molecule has 4 saturated heterocycles. The summed E-state index contributed by atoms with van der Waals surface area (Å²) in [5.74, 6) is -1.37. The third-order valence-electron chi connectivity index (χ3n) is 14.6. The number of aromatic nitrogens is 3. The van der Waals surface area contributed by atoms with Gasteiger partial charge in [-0.1, -0.05) is 55.0 Å². The molecule has 73 heavy (non-hydrogen) atoms. The van der Waals surface area contributed by atoms with Gasteiger partial charge < -0.3 is 37.9 Å². The monoisotopic (exact) mass is 1060 g/mol. The summed E-state index contributed by atoms with van der Waals surface area (Å²) >= 11 is 13.5. The lowest BCUT2D eigenvalue weighted by atomic mass is 9.79. The summed E-state index contributed by atoms with van der Waals surface area (Å²) in [6.45, 7) is 17.0. The highest BCUT2D eigenvalue weighted by Crippen LogP contribution is 2.55. The van der Waals surface area contributed by atoms with Crippen molar-refractivity contribution in [2.75, 3.05) is 26.9 Å². The van der Waals surface area contributed by atoms with E-state index >= 15 is 8.78 Å². The predicted octanol–water partition coefficient (Wildman–Crippen LogP) is 13.1. The summed E-state index contributed by atoms with van der Waals surface area (Å²) in [6, 6.07) is 11.1. The highest BCUT2D eigenvalue weighted by atomic mass is 35.5. The number of hydrogen-bond acceptors (Lipinski definition) is 11. The number of hydrogen-bond donors (Lipinski definition) is 0. The largest absolute Gasteiger partial charge is 0.485 e. The molecular weight excluding hydrogens is 998 g/mol. The van der Waals surface area contributed by atoms with Crippen LogP contribution in [0.5, 0.6) is 11.6 Å². The molecule has 3 aromatic heterocycles. The van der Waals surface area contributed by atoms with Crippen molar-refractivity contribution >= 4 is 65.3 Å². The number of benzene rings is 2. The number of halogens is 4. The minimum Gasteiger partial charge on any atom is -0.485 e. The number of amides is 2. The number of methoxy groups -OCH3 is 1. The first kappa shape index (κ1) is 52.6. The van der Waals surface area contributed by atoms with Gasteiger partial charge in [0.15, 0.2) is 23.7 Å². The molecule has 5 fully saturated rings. The molecule has 2 aromatic carbocycles. The van der Waals surface area contributed by atoms with Crippen LogP contribution in [0.1, 0.15) is 108 Å². The molecule has 0 radical (unpaired) electrons. The van der Waals surface area contributed by atoms with E-state index in [0.717, 1.165) is 25.1 Å². The van der Waals surface area contributed by atoms with E-state index in [2.05, 4.69) is 35.3 Å². The number of rotatable bonds is 14. The fraction of sp³-hybridized carbons (Fsp3) is 0.537. The van der Waals surface area contributed by atoms with Crippen molar-refractivity contribution in [1.82, 2.24) is 24.3 Å². The van der Waals surface area contributed by atoms with Crippen LogP contribution in [0.15, 0.2) is 42.6 Å². The Morgan fingerprint density at radius 1 is 1.07 bits per heavy atom. The standard InChI is InChI=1S/C54H64Cl2F2N6O8Si/c1-29-41(71-42-26-43(67-6)60-27-37(42)57)25-39(63(29)53(66)69-20-21-73(7,8)9)38-24-35-48(30(2)70-44-17-10-11-19-68-44)61-49-34(22-31(14-13-18-59)45(47(49)58)33-15-12-16-36(55)46(33)56)51(35)64(38)50-32-23-40(50)62(28-32)52(65)72-54(3,4)5/h12,15-16,22,24,26-27,29-30,32,39-41,44,50H,10-11,13-14,17,19-21,23,25,28H2,1-9H3/t29-,30-,32-,39-,40-,41+,44?,50+/m1/s1. The van der Waals surface area contributed by atoms with Gasteiger partial charge in [-0.2, -0.15) is 5.26 Å². The van der Waals surface area contributed by atoms with Gasteiger partial charge in [-0.3, -0.25) is 4.90 Å². The van der Waals surface area contributed by atoms with Crippen LogP contribution in [-0.4, -0.2) is 102 Å². The normalized spacial score (nSPS) is 23.4. The van der Waals surface area contributed by atoms with E-state index in [-0.39, 0.29) is 76.6 Å². The van der Waals surface area contributed by atoms with Gasteiger partial charge in [-0.15, -0.1) is 0 Å². The number of fused-ring (bicyclic) bond motifs is 4. The second-order valence-electron chi connectivity index (χ2n) is 22.0. The number of aryl methyl sites for hydroxylation is 1. The van der Waals surface area contributed by atoms with E-state index in [1.165, 1.54) is 13.2 Å². The Bertz CT molecular complexity index is 2970. The zero-order valence-corrected chi connectivity index (χ0v) is 45.4. The van der Waals surface area contributed by atoms with Crippen molar-refractivity contribution in [3.63, 3.8) is 0 Å². The molecule has 7 heterocycles. The SMILES string of the molecule is COc1cc(O[C@H]2C[C@H](c3cc4c([C@@H](C)OC5CCCCO5)nc5c(F)c(-c6cccc(Cl)c6Cl)c(CCC#N)cc5c4n3[C@H]3[C@@H]4C[C@H]3N(C(=O)OC(C)(C)C)C4)N(C(=O)OCC[Si](C)(C)C)[C@@H]2C)c(F)cn1. The number of pyridine rings is 2. The molecule has 5 aliphatic rings. The fourth-order valence-corrected chi connectivity index (χ4v) is 12.1. The lowest BCUT2D eigenvalue weighted by Crippen LogP contribution is -2.45. The quantitative estimate of drug-likeness (QED) is 0.0978. The topological polar surface area (TPSA) is 150 Å².